The third-order valence-corrected chi connectivity index (χ3v) is 3.59. The third kappa shape index (κ3) is 3.15. The van der Waals surface area contributed by atoms with Gasteiger partial charge in [0.1, 0.15) is 11.9 Å². The second kappa shape index (κ2) is 6.50. The molecule has 2 heterocycles. The van der Waals surface area contributed by atoms with E-state index in [-0.39, 0.29) is 17.9 Å². The Kier molecular flexibility index (Phi) is 4.71. The topological polar surface area (TPSA) is 62.3 Å². The van der Waals surface area contributed by atoms with Gasteiger partial charge in [0.2, 0.25) is 11.8 Å². The quantitative estimate of drug-likeness (QED) is 0.915. The molecule has 1 aliphatic heterocycles. The number of amides is 2. The Morgan fingerprint density at radius 1 is 1.50 bits per heavy atom. The second-order valence-electron chi connectivity index (χ2n) is 5.15. The van der Waals surface area contributed by atoms with Gasteiger partial charge in [-0.25, -0.2) is 4.98 Å². The summed E-state index contributed by atoms with van der Waals surface area (Å²) in [5, 5.41) is 2.84. The van der Waals surface area contributed by atoms with Crippen molar-refractivity contribution in [2.45, 2.75) is 45.6 Å². The maximum Gasteiger partial charge on any atom is 0.248 e. The number of pyridine rings is 1. The Morgan fingerprint density at radius 3 is 3.00 bits per heavy atom. The van der Waals surface area contributed by atoms with Gasteiger partial charge in [-0.05, 0) is 37.8 Å². The zero-order valence-electron chi connectivity index (χ0n) is 12.1. The van der Waals surface area contributed by atoms with Crippen LogP contribution in [-0.4, -0.2) is 34.3 Å². The number of aromatic nitrogens is 1. The number of nitrogens with one attached hydrogen (secondary N) is 1. The fourth-order valence-corrected chi connectivity index (χ4v) is 2.51. The molecular formula is C15H21N3O2. The van der Waals surface area contributed by atoms with Gasteiger partial charge >= 0.3 is 0 Å². The van der Waals surface area contributed by atoms with Gasteiger partial charge in [0.15, 0.2) is 0 Å². The molecule has 2 amide bonds. The maximum atomic E-state index is 12.3. The molecule has 1 unspecified atom stereocenters. The Morgan fingerprint density at radius 2 is 2.30 bits per heavy atom. The summed E-state index contributed by atoms with van der Waals surface area (Å²) in [6.07, 6.45) is 4.58. The van der Waals surface area contributed by atoms with E-state index in [4.69, 9.17) is 0 Å². The lowest BCUT2D eigenvalue weighted by Gasteiger charge is -2.23. The minimum Gasteiger partial charge on any atom is -0.331 e. The summed E-state index contributed by atoms with van der Waals surface area (Å²) < 4.78 is 0. The van der Waals surface area contributed by atoms with E-state index < -0.39 is 0 Å². The Labute approximate surface area is 119 Å². The number of carbonyl (C=O) groups is 2. The molecule has 1 fully saturated rings. The van der Waals surface area contributed by atoms with E-state index in [2.05, 4.69) is 10.3 Å². The van der Waals surface area contributed by atoms with E-state index in [0.29, 0.717) is 18.8 Å². The number of rotatable bonds is 4. The standard InChI is InChI=1S/C15H21N3O2/c1-3-6-13(19)18-10-5-8-12(18)15(20)17-14-11(2)7-4-9-16-14/h4,7,9,12H,3,5-6,8,10H2,1-2H3,(H,16,17,20). The number of anilines is 1. The smallest absolute Gasteiger partial charge is 0.248 e. The Hall–Kier alpha value is -1.91. The first-order valence-electron chi connectivity index (χ1n) is 7.15. The number of nitrogens with zero attached hydrogens (tertiary/aromatic N) is 2. The number of aryl methyl sites for hydroxylation is 1. The van der Waals surface area contributed by atoms with Crippen molar-refractivity contribution in [1.29, 1.82) is 0 Å². The molecule has 1 atom stereocenters. The van der Waals surface area contributed by atoms with Crippen LogP contribution in [0, 0.1) is 6.92 Å². The van der Waals surface area contributed by atoms with Crippen molar-refractivity contribution in [3.05, 3.63) is 23.9 Å². The van der Waals surface area contributed by atoms with Crippen molar-refractivity contribution in [2.24, 2.45) is 0 Å². The molecule has 20 heavy (non-hydrogen) atoms. The zero-order valence-corrected chi connectivity index (χ0v) is 12.1. The first-order valence-corrected chi connectivity index (χ1v) is 7.15. The largest absolute Gasteiger partial charge is 0.331 e. The molecule has 0 aromatic carbocycles. The minimum absolute atomic E-state index is 0.0721. The van der Waals surface area contributed by atoms with Crippen molar-refractivity contribution < 1.29 is 9.59 Å². The number of hydrogen-bond acceptors (Lipinski definition) is 3. The van der Waals surface area contributed by atoms with Gasteiger partial charge < -0.3 is 10.2 Å². The number of likely N-dealkylation sites (tertiary alicyclic amines) is 1. The van der Waals surface area contributed by atoms with Crippen LogP contribution < -0.4 is 5.32 Å². The highest BCUT2D eigenvalue weighted by Gasteiger charge is 2.33. The van der Waals surface area contributed by atoms with Gasteiger partial charge in [0, 0.05) is 19.2 Å². The van der Waals surface area contributed by atoms with Crippen molar-refractivity contribution in [1.82, 2.24) is 9.88 Å². The van der Waals surface area contributed by atoms with Crippen LogP contribution in [0.4, 0.5) is 5.82 Å². The predicted octanol–water partition coefficient (Wildman–Crippen LogP) is 2.12. The summed E-state index contributed by atoms with van der Waals surface area (Å²) >= 11 is 0. The highest BCUT2D eigenvalue weighted by atomic mass is 16.2. The molecule has 0 saturated carbocycles. The van der Waals surface area contributed by atoms with E-state index >= 15 is 0 Å². The molecule has 0 aliphatic carbocycles. The van der Waals surface area contributed by atoms with Crippen molar-refractivity contribution in [3.8, 4) is 0 Å². The summed E-state index contributed by atoms with van der Waals surface area (Å²) in [7, 11) is 0. The van der Waals surface area contributed by atoms with Gasteiger partial charge in [-0.1, -0.05) is 13.0 Å². The predicted molar refractivity (Wildman–Crippen MR) is 77.2 cm³/mol. The molecule has 1 saturated heterocycles. The molecule has 1 N–H and O–H groups in total. The lowest BCUT2D eigenvalue weighted by atomic mass is 10.2. The van der Waals surface area contributed by atoms with E-state index in [0.717, 1.165) is 24.8 Å². The van der Waals surface area contributed by atoms with Crippen LogP contribution in [0.15, 0.2) is 18.3 Å². The van der Waals surface area contributed by atoms with Crippen LogP contribution in [0.1, 0.15) is 38.2 Å². The number of carbonyl (C=O) groups excluding carboxylic acids is 2. The molecule has 0 spiro atoms. The second-order valence-corrected chi connectivity index (χ2v) is 5.15. The third-order valence-electron chi connectivity index (χ3n) is 3.59. The van der Waals surface area contributed by atoms with Crippen molar-refractivity contribution in [3.63, 3.8) is 0 Å². The summed E-state index contributed by atoms with van der Waals surface area (Å²) in [5.41, 5.74) is 0.922. The molecule has 2 rings (SSSR count). The molecule has 5 nitrogen and oxygen atoms in total. The SMILES string of the molecule is CCCC(=O)N1CCCC1C(=O)Nc1ncccc1C. The molecule has 0 bridgehead atoms. The Bertz CT molecular complexity index is 502. The van der Waals surface area contributed by atoms with Crippen LogP contribution in [0.5, 0.6) is 0 Å². The maximum absolute atomic E-state index is 12.3. The highest BCUT2D eigenvalue weighted by Crippen LogP contribution is 2.20. The zero-order chi connectivity index (χ0) is 14.5. The van der Waals surface area contributed by atoms with Crippen LogP contribution in [0.2, 0.25) is 0 Å². The molecule has 1 aromatic rings. The normalized spacial score (nSPS) is 18.1. The van der Waals surface area contributed by atoms with Gasteiger partial charge in [0.25, 0.3) is 0 Å². The van der Waals surface area contributed by atoms with E-state index in [9.17, 15) is 9.59 Å². The molecule has 1 aromatic heterocycles. The molecule has 0 radical (unpaired) electrons. The number of hydrogen-bond donors (Lipinski definition) is 1. The van der Waals surface area contributed by atoms with Crippen LogP contribution in [0.25, 0.3) is 0 Å². The average molecular weight is 275 g/mol. The van der Waals surface area contributed by atoms with E-state index in [1.807, 2.05) is 26.0 Å². The monoisotopic (exact) mass is 275 g/mol. The summed E-state index contributed by atoms with van der Waals surface area (Å²) in [6.45, 7) is 4.55. The summed E-state index contributed by atoms with van der Waals surface area (Å²) in [4.78, 5) is 30.2. The molecular weight excluding hydrogens is 254 g/mol. The highest BCUT2D eigenvalue weighted by molar-refractivity contribution is 5.97. The van der Waals surface area contributed by atoms with Gasteiger partial charge in [-0.15, -0.1) is 0 Å². The van der Waals surface area contributed by atoms with Gasteiger partial charge in [-0.3, -0.25) is 9.59 Å². The van der Waals surface area contributed by atoms with Crippen LogP contribution in [0.3, 0.4) is 0 Å². The molecule has 5 heteroatoms. The first kappa shape index (κ1) is 14.5. The van der Waals surface area contributed by atoms with Gasteiger partial charge in [0.05, 0.1) is 0 Å². The molecule has 108 valence electrons. The fourth-order valence-electron chi connectivity index (χ4n) is 2.51. The minimum atomic E-state index is -0.351. The lowest BCUT2D eigenvalue weighted by molar-refractivity contribution is -0.136. The van der Waals surface area contributed by atoms with Gasteiger partial charge in [-0.2, -0.15) is 0 Å². The average Bonchev–Trinajstić information content (AvgIpc) is 2.91. The van der Waals surface area contributed by atoms with Crippen LogP contribution in [-0.2, 0) is 9.59 Å². The fraction of sp³-hybridized carbons (Fsp3) is 0.533. The van der Waals surface area contributed by atoms with E-state index in [1.54, 1.807) is 11.1 Å². The van der Waals surface area contributed by atoms with Crippen molar-refractivity contribution >= 4 is 17.6 Å². The summed E-state index contributed by atoms with van der Waals surface area (Å²) in [6, 6.07) is 3.38. The Balaban J connectivity index is 2.05. The molecule has 1 aliphatic rings. The van der Waals surface area contributed by atoms with E-state index in [1.165, 1.54) is 0 Å². The van der Waals surface area contributed by atoms with Crippen LogP contribution >= 0.6 is 0 Å². The summed E-state index contributed by atoms with van der Waals surface area (Å²) in [5.74, 6) is 0.518. The lowest BCUT2D eigenvalue weighted by Crippen LogP contribution is -2.43. The van der Waals surface area contributed by atoms with Crippen molar-refractivity contribution in [2.75, 3.05) is 11.9 Å². The first-order chi connectivity index (χ1) is 9.63.